The van der Waals surface area contributed by atoms with Crippen LogP contribution in [0.25, 0.3) is 38.0 Å². The molecule has 0 saturated carbocycles. The van der Waals surface area contributed by atoms with Gasteiger partial charge >= 0.3 is 5.63 Å². The van der Waals surface area contributed by atoms with Crippen molar-refractivity contribution < 1.29 is 4.42 Å². The molecule has 0 aliphatic rings. The van der Waals surface area contributed by atoms with Gasteiger partial charge in [-0.05, 0) is 22.9 Å². The van der Waals surface area contributed by atoms with E-state index >= 15 is 0 Å². The molecule has 0 aliphatic carbocycles. The van der Waals surface area contributed by atoms with Crippen LogP contribution in [0.5, 0.6) is 0 Å². The molecule has 0 amide bonds. The van der Waals surface area contributed by atoms with Crippen LogP contribution in [0.3, 0.4) is 0 Å². The Morgan fingerprint density at radius 3 is 2.92 bits per heavy atom. The van der Waals surface area contributed by atoms with Crippen molar-refractivity contribution in [3.63, 3.8) is 0 Å². The fourth-order valence-corrected chi connectivity index (χ4v) is 3.95. The number of fused-ring (bicyclic) bond motifs is 4. The van der Waals surface area contributed by atoms with Crippen LogP contribution in [-0.4, -0.2) is 14.6 Å². The van der Waals surface area contributed by atoms with Crippen molar-refractivity contribution >= 4 is 38.0 Å². The molecular formula is C19H13N3O2S. The van der Waals surface area contributed by atoms with Crippen molar-refractivity contribution in [3.05, 3.63) is 64.1 Å². The minimum absolute atomic E-state index is 0.365. The molecule has 0 saturated heterocycles. The lowest BCUT2D eigenvalue weighted by Crippen LogP contribution is -2.05. The first-order valence-corrected chi connectivity index (χ1v) is 8.91. The molecule has 5 aromatic rings. The molecule has 5 rings (SSSR count). The molecule has 5 nitrogen and oxygen atoms in total. The van der Waals surface area contributed by atoms with Gasteiger partial charge in [0.05, 0.1) is 11.3 Å². The van der Waals surface area contributed by atoms with E-state index in [4.69, 9.17) is 4.42 Å². The second kappa shape index (κ2) is 5.26. The summed E-state index contributed by atoms with van der Waals surface area (Å²) in [7, 11) is 0. The molecule has 3 heterocycles. The molecular weight excluding hydrogens is 334 g/mol. The average molecular weight is 347 g/mol. The maximum atomic E-state index is 12.6. The maximum absolute atomic E-state index is 12.6. The van der Waals surface area contributed by atoms with Gasteiger partial charge in [0.1, 0.15) is 5.58 Å². The molecule has 3 aromatic heterocycles. The van der Waals surface area contributed by atoms with Gasteiger partial charge in [0.15, 0.2) is 5.82 Å². The third-order valence-electron chi connectivity index (χ3n) is 4.36. The maximum Gasteiger partial charge on any atom is 0.345 e. The van der Waals surface area contributed by atoms with Gasteiger partial charge in [-0.1, -0.05) is 37.3 Å². The molecule has 0 radical (unpaired) electrons. The Labute approximate surface area is 146 Å². The highest BCUT2D eigenvalue weighted by atomic mass is 32.1. The summed E-state index contributed by atoms with van der Waals surface area (Å²) in [5.41, 5.74) is 1.45. The highest BCUT2D eigenvalue weighted by molar-refractivity contribution is 7.15. The second-order valence-corrected chi connectivity index (χ2v) is 6.68. The molecule has 0 aliphatic heterocycles. The summed E-state index contributed by atoms with van der Waals surface area (Å²) >= 11 is 1.47. The van der Waals surface area contributed by atoms with Crippen LogP contribution in [0.1, 0.15) is 12.7 Å². The molecule has 0 bridgehead atoms. The monoisotopic (exact) mass is 347 g/mol. The Hall–Kier alpha value is -2.99. The third kappa shape index (κ3) is 2.11. The first kappa shape index (κ1) is 14.4. The smallest absolute Gasteiger partial charge is 0.345 e. The molecule has 0 atom stereocenters. The van der Waals surface area contributed by atoms with E-state index in [1.807, 2.05) is 54.8 Å². The number of rotatable bonds is 2. The lowest BCUT2D eigenvalue weighted by molar-refractivity contribution is 0.563. The number of thiazole rings is 1. The number of hydrogen-bond acceptors (Lipinski definition) is 5. The van der Waals surface area contributed by atoms with Crippen LogP contribution in [0, 0.1) is 0 Å². The lowest BCUT2D eigenvalue weighted by Gasteiger charge is -2.05. The summed E-state index contributed by atoms with van der Waals surface area (Å²) in [5, 5.41) is 9.48. The van der Waals surface area contributed by atoms with Gasteiger partial charge in [-0.25, -0.2) is 14.3 Å². The van der Waals surface area contributed by atoms with Crippen molar-refractivity contribution in [1.82, 2.24) is 14.6 Å². The summed E-state index contributed by atoms with van der Waals surface area (Å²) in [6, 6.07) is 13.8. The number of aromatic nitrogens is 3. The SMILES string of the molecule is CCc1nc2scc(-c3cc4c(ccc5ccccc54)oc3=O)n2n1. The van der Waals surface area contributed by atoms with Gasteiger partial charge in [-0.15, -0.1) is 11.3 Å². The Morgan fingerprint density at radius 2 is 2.04 bits per heavy atom. The van der Waals surface area contributed by atoms with Gasteiger partial charge < -0.3 is 4.42 Å². The standard InChI is InChI=1S/C19H13N3O2S/c1-2-17-20-19-22(21-17)15(10-25-19)14-9-13-12-6-4-3-5-11(12)7-8-16(13)24-18(14)23/h3-10H,2H2,1H3. The van der Waals surface area contributed by atoms with Gasteiger partial charge in [0.25, 0.3) is 0 Å². The summed E-state index contributed by atoms with van der Waals surface area (Å²) in [4.78, 5) is 17.8. The minimum atomic E-state index is -0.365. The molecule has 0 unspecified atom stereocenters. The number of benzene rings is 2. The highest BCUT2D eigenvalue weighted by Gasteiger charge is 2.16. The van der Waals surface area contributed by atoms with Crippen molar-refractivity contribution in [2.24, 2.45) is 0 Å². The van der Waals surface area contributed by atoms with Crippen molar-refractivity contribution in [2.75, 3.05) is 0 Å². The predicted molar refractivity (Wildman–Crippen MR) is 99.2 cm³/mol. The summed E-state index contributed by atoms with van der Waals surface area (Å²) < 4.78 is 7.32. The van der Waals surface area contributed by atoms with Crippen molar-refractivity contribution in [3.8, 4) is 11.3 Å². The van der Waals surface area contributed by atoms with E-state index < -0.39 is 0 Å². The highest BCUT2D eigenvalue weighted by Crippen LogP contribution is 2.29. The Bertz CT molecular complexity index is 1310. The van der Waals surface area contributed by atoms with E-state index in [1.165, 1.54) is 11.3 Å². The molecule has 122 valence electrons. The Kier molecular flexibility index (Phi) is 3.02. The first-order valence-electron chi connectivity index (χ1n) is 8.03. The van der Waals surface area contributed by atoms with E-state index in [0.29, 0.717) is 11.1 Å². The Morgan fingerprint density at radius 1 is 1.16 bits per heavy atom. The number of aryl methyl sites for hydroxylation is 1. The Balaban J connectivity index is 1.85. The van der Waals surface area contributed by atoms with Crippen molar-refractivity contribution in [1.29, 1.82) is 0 Å². The van der Waals surface area contributed by atoms with E-state index in [2.05, 4.69) is 10.1 Å². The fraction of sp³-hybridized carbons (Fsp3) is 0.105. The van der Waals surface area contributed by atoms with E-state index in [9.17, 15) is 4.79 Å². The second-order valence-electron chi connectivity index (χ2n) is 5.84. The summed E-state index contributed by atoms with van der Waals surface area (Å²) in [6.45, 7) is 2.01. The molecule has 2 aromatic carbocycles. The zero-order chi connectivity index (χ0) is 17.0. The normalized spacial score (nSPS) is 11.7. The molecule has 0 N–H and O–H groups in total. The molecule has 6 heteroatoms. The third-order valence-corrected chi connectivity index (χ3v) is 5.18. The van der Waals surface area contributed by atoms with Crippen LogP contribution in [0.15, 0.2) is 57.1 Å². The zero-order valence-electron chi connectivity index (χ0n) is 13.4. The average Bonchev–Trinajstić information content (AvgIpc) is 3.21. The predicted octanol–water partition coefficient (Wildman–Crippen LogP) is 4.28. The van der Waals surface area contributed by atoms with Crippen LogP contribution >= 0.6 is 11.3 Å². The van der Waals surface area contributed by atoms with Crippen LogP contribution in [-0.2, 0) is 6.42 Å². The van der Waals surface area contributed by atoms with Gasteiger partial charge in [-0.3, -0.25) is 0 Å². The van der Waals surface area contributed by atoms with Crippen molar-refractivity contribution in [2.45, 2.75) is 13.3 Å². The molecule has 25 heavy (non-hydrogen) atoms. The molecule has 0 spiro atoms. The van der Waals surface area contributed by atoms with Gasteiger partial charge in [0, 0.05) is 17.2 Å². The largest absolute Gasteiger partial charge is 0.422 e. The number of hydrogen-bond donors (Lipinski definition) is 0. The first-order chi connectivity index (χ1) is 12.2. The summed E-state index contributed by atoms with van der Waals surface area (Å²) in [5.74, 6) is 0.767. The zero-order valence-corrected chi connectivity index (χ0v) is 14.2. The van der Waals surface area contributed by atoms with Crippen LogP contribution in [0.2, 0.25) is 0 Å². The van der Waals surface area contributed by atoms with Gasteiger partial charge in [0.2, 0.25) is 4.96 Å². The minimum Gasteiger partial charge on any atom is -0.422 e. The van der Waals surface area contributed by atoms with E-state index in [-0.39, 0.29) is 5.63 Å². The van der Waals surface area contributed by atoms with Crippen LogP contribution < -0.4 is 5.63 Å². The van der Waals surface area contributed by atoms with E-state index in [0.717, 1.165) is 39.1 Å². The lowest BCUT2D eigenvalue weighted by atomic mass is 10.0. The molecule has 0 fully saturated rings. The number of nitrogens with zero attached hydrogens (tertiary/aromatic N) is 3. The fourth-order valence-electron chi connectivity index (χ4n) is 3.11. The van der Waals surface area contributed by atoms with Gasteiger partial charge in [-0.2, -0.15) is 5.10 Å². The van der Waals surface area contributed by atoms with Crippen LogP contribution in [0.4, 0.5) is 0 Å². The quantitative estimate of drug-likeness (QED) is 0.353. The van der Waals surface area contributed by atoms with E-state index in [1.54, 1.807) is 4.52 Å². The topological polar surface area (TPSA) is 60.4 Å². The summed E-state index contributed by atoms with van der Waals surface area (Å²) in [6.07, 6.45) is 0.755.